The summed E-state index contributed by atoms with van der Waals surface area (Å²) >= 11 is 0. The lowest BCUT2D eigenvalue weighted by molar-refractivity contribution is -0.119. The lowest BCUT2D eigenvalue weighted by atomic mass is 9.89. The highest BCUT2D eigenvalue weighted by atomic mass is 32.2. The normalized spacial score (nSPS) is 13.3. The van der Waals surface area contributed by atoms with Gasteiger partial charge in [-0.05, 0) is 34.6 Å². The molecule has 6 heteroatoms. The van der Waals surface area contributed by atoms with Crippen molar-refractivity contribution >= 4 is 16.0 Å². The monoisotopic (exact) mass is 263 g/mol. The Labute approximate surface area is 103 Å². The Bertz CT molecular complexity index is 421. The highest BCUT2D eigenvalue weighted by molar-refractivity contribution is 7.88. The first kappa shape index (κ1) is 16.1. The van der Waals surface area contributed by atoms with Crippen LogP contribution in [0.15, 0.2) is 12.2 Å². The Balaban J connectivity index is 5.32. The van der Waals surface area contributed by atoms with E-state index in [1.807, 2.05) is 0 Å². The van der Waals surface area contributed by atoms with Gasteiger partial charge >= 0.3 is 0 Å². The predicted molar refractivity (Wildman–Crippen MR) is 67.0 cm³/mol. The highest BCUT2D eigenvalue weighted by Gasteiger charge is 2.49. The van der Waals surface area contributed by atoms with Crippen LogP contribution >= 0.6 is 0 Å². The van der Waals surface area contributed by atoms with E-state index >= 15 is 0 Å². The molecule has 0 bridgehead atoms. The first-order valence-corrected chi connectivity index (χ1v) is 6.58. The van der Waals surface area contributed by atoms with Crippen molar-refractivity contribution in [2.24, 2.45) is 0 Å². The summed E-state index contributed by atoms with van der Waals surface area (Å²) in [6.07, 6.45) is 0. The van der Waals surface area contributed by atoms with E-state index in [4.69, 9.17) is 0 Å². The largest absolute Gasteiger partial charge is 0.346 e. The molecule has 0 aromatic heterocycles. The van der Waals surface area contributed by atoms with Crippen molar-refractivity contribution in [1.82, 2.24) is 5.32 Å². The second-order valence-electron chi connectivity index (χ2n) is 4.99. The summed E-state index contributed by atoms with van der Waals surface area (Å²) in [5, 5.41) is 2.64. The van der Waals surface area contributed by atoms with Gasteiger partial charge in [-0.25, -0.2) is 0 Å². The summed E-state index contributed by atoms with van der Waals surface area (Å²) in [7, 11) is -2.67. The van der Waals surface area contributed by atoms with Crippen LogP contribution in [0.1, 0.15) is 34.6 Å². The third-order valence-corrected chi connectivity index (χ3v) is 5.36. The van der Waals surface area contributed by atoms with Gasteiger partial charge in [-0.3, -0.25) is 8.98 Å². The van der Waals surface area contributed by atoms with E-state index in [0.29, 0.717) is 5.57 Å². The lowest BCUT2D eigenvalue weighted by Crippen LogP contribution is -2.61. The topological polar surface area (TPSA) is 72.5 Å². The first-order chi connectivity index (χ1) is 7.39. The molecular formula is C11H21NO4S. The Hall–Kier alpha value is -0.880. The number of hydrogen-bond donors (Lipinski definition) is 1. The fourth-order valence-corrected chi connectivity index (χ4v) is 2.15. The van der Waals surface area contributed by atoms with Gasteiger partial charge in [0.1, 0.15) is 4.75 Å². The van der Waals surface area contributed by atoms with Crippen molar-refractivity contribution < 1.29 is 17.4 Å². The third-order valence-electron chi connectivity index (χ3n) is 3.16. The number of nitrogens with one attached hydrogen (secondary N) is 1. The molecule has 0 unspecified atom stereocenters. The van der Waals surface area contributed by atoms with Gasteiger partial charge in [0.15, 0.2) is 0 Å². The van der Waals surface area contributed by atoms with Gasteiger partial charge < -0.3 is 5.32 Å². The van der Waals surface area contributed by atoms with E-state index in [0.717, 1.165) is 7.11 Å². The molecule has 5 nitrogen and oxygen atoms in total. The average molecular weight is 263 g/mol. The molecule has 0 saturated heterocycles. The molecule has 0 aromatic carbocycles. The molecule has 0 aliphatic rings. The summed E-state index contributed by atoms with van der Waals surface area (Å²) in [4.78, 5) is 11.6. The molecule has 100 valence electrons. The van der Waals surface area contributed by atoms with Crippen molar-refractivity contribution in [3.8, 4) is 0 Å². The summed E-state index contributed by atoms with van der Waals surface area (Å²) < 4.78 is 26.9. The molecule has 1 amide bonds. The maximum Gasteiger partial charge on any atom is 0.274 e. The van der Waals surface area contributed by atoms with Crippen LogP contribution in [0.5, 0.6) is 0 Å². The van der Waals surface area contributed by atoms with E-state index in [2.05, 4.69) is 16.1 Å². The molecule has 0 aromatic rings. The van der Waals surface area contributed by atoms with Gasteiger partial charge in [0, 0.05) is 5.57 Å². The van der Waals surface area contributed by atoms with Crippen molar-refractivity contribution in [3.05, 3.63) is 12.2 Å². The van der Waals surface area contributed by atoms with Crippen LogP contribution in [0.2, 0.25) is 0 Å². The van der Waals surface area contributed by atoms with Crippen molar-refractivity contribution in [2.75, 3.05) is 7.11 Å². The van der Waals surface area contributed by atoms with Crippen LogP contribution in [-0.4, -0.2) is 31.7 Å². The number of carbonyl (C=O) groups is 1. The van der Waals surface area contributed by atoms with Gasteiger partial charge in [0.25, 0.3) is 10.1 Å². The standard InChI is InChI=1S/C11H21NO4S/c1-8(2)9(13)12-10(3,4)11(5,6)17(14,15)16-7/h1H2,2-7H3,(H,12,13). The van der Waals surface area contributed by atoms with Gasteiger partial charge in [-0.2, -0.15) is 8.42 Å². The maximum atomic E-state index is 11.8. The zero-order chi connectivity index (χ0) is 14.1. The van der Waals surface area contributed by atoms with E-state index in [1.54, 1.807) is 20.8 Å². The average Bonchev–Trinajstić information content (AvgIpc) is 2.16. The van der Waals surface area contributed by atoms with Crippen molar-refractivity contribution in [1.29, 1.82) is 0 Å². The SMILES string of the molecule is C=C(C)C(=O)NC(C)(C)C(C)(C)S(=O)(=O)OC. The summed E-state index contributed by atoms with van der Waals surface area (Å²) in [5.74, 6) is -0.380. The number of carbonyl (C=O) groups excluding carboxylic acids is 1. The smallest absolute Gasteiger partial charge is 0.274 e. The van der Waals surface area contributed by atoms with Crippen LogP contribution < -0.4 is 5.32 Å². The molecule has 17 heavy (non-hydrogen) atoms. The van der Waals surface area contributed by atoms with Gasteiger partial charge in [-0.15, -0.1) is 0 Å². The van der Waals surface area contributed by atoms with Crippen molar-refractivity contribution in [2.45, 2.75) is 44.9 Å². The zero-order valence-electron chi connectivity index (χ0n) is 11.2. The number of rotatable bonds is 5. The molecular weight excluding hydrogens is 242 g/mol. The molecule has 0 heterocycles. The van der Waals surface area contributed by atoms with Crippen LogP contribution in [0, 0.1) is 0 Å². The predicted octanol–water partition coefficient (Wildman–Crippen LogP) is 1.21. The Morgan fingerprint density at radius 1 is 1.24 bits per heavy atom. The quantitative estimate of drug-likeness (QED) is 0.598. The van der Waals surface area contributed by atoms with E-state index in [9.17, 15) is 13.2 Å². The lowest BCUT2D eigenvalue weighted by Gasteiger charge is -2.40. The minimum Gasteiger partial charge on any atom is -0.346 e. The minimum atomic E-state index is -3.77. The van der Waals surface area contributed by atoms with Crippen LogP contribution in [0.4, 0.5) is 0 Å². The summed E-state index contributed by atoms with van der Waals surface area (Å²) in [6, 6.07) is 0. The fraction of sp³-hybridized carbons (Fsp3) is 0.727. The van der Waals surface area contributed by atoms with Crippen LogP contribution in [0.25, 0.3) is 0 Å². The third kappa shape index (κ3) is 3.07. The van der Waals surface area contributed by atoms with Crippen LogP contribution in [-0.2, 0) is 19.1 Å². The minimum absolute atomic E-state index is 0.323. The summed E-state index contributed by atoms with van der Waals surface area (Å²) in [6.45, 7) is 11.3. The first-order valence-electron chi connectivity index (χ1n) is 5.17. The second-order valence-corrected chi connectivity index (χ2v) is 7.25. The molecule has 0 aliphatic carbocycles. The molecule has 1 N–H and O–H groups in total. The van der Waals surface area contributed by atoms with E-state index in [-0.39, 0.29) is 5.91 Å². The molecule has 0 radical (unpaired) electrons. The van der Waals surface area contributed by atoms with Crippen LogP contribution in [0.3, 0.4) is 0 Å². The maximum absolute atomic E-state index is 11.8. The molecule has 0 spiro atoms. The second kappa shape index (κ2) is 4.78. The fourth-order valence-electron chi connectivity index (χ4n) is 1.06. The molecule has 0 rings (SSSR count). The number of amides is 1. The Morgan fingerprint density at radius 3 is 1.94 bits per heavy atom. The zero-order valence-corrected chi connectivity index (χ0v) is 12.1. The van der Waals surface area contributed by atoms with E-state index < -0.39 is 20.4 Å². The van der Waals surface area contributed by atoms with Crippen molar-refractivity contribution in [3.63, 3.8) is 0 Å². The molecule has 0 aliphatic heterocycles. The number of hydrogen-bond acceptors (Lipinski definition) is 4. The Morgan fingerprint density at radius 2 is 1.65 bits per heavy atom. The van der Waals surface area contributed by atoms with E-state index in [1.165, 1.54) is 13.8 Å². The molecule has 0 atom stereocenters. The molecule has 0 fully saturated rings. The summed E-state index contributed by atoms with van der Waals surface area (Å²) in [5.41, 5.74) is -0.665. The van der Waals surface area contributed by atoms with Gasteiger partial charge in [0.05, 0.1) is 12.6 Å². The highest BCUT2D eigenvalue weighted by Crippen LogP contribution is 2.30. The van der Waals surface area contributed by atoms with Gasteiger partial charge in [-0.1, -0.05) is 6.58 Å². The Kier molecular flexibility index (Phi) is 4.53. The molecule has 0 saturated carbocycles. The van der Waals surface area contributed by atoms with Gasteiger partial charge in [0.2, 0.25) is 5.91 Å².